The number of rotatable bonds is 5. The molecule has 0 spiro atoms. The molecule has 0 aromatic rings. The van der Waals surface area contributed by atoms with Gasteiger partial charge in [-0.1, -0.05) is 0 Å². The van der Waals surface area contributed by atoms with E-state index >= 15 is 0 Å². The van der Waals surface area contributed by atoms with Gasteiger partial charge in [-0.3, -0.25) is 0 Å². The maximum absolute atomic E-state index is 9.81. The van der Waals surface area contributed by atoms with E-state index in [0.29, 0.717) is 0 Å². The standard InChI is InChI=1S/C2H5O7P2.3Na/c3-2(9-11(6)7)1-8-10(4)5;;;/h2-3,6H,1H2;;;/q-3;3*+1. The molecule has 7 nitrogen and oxygen atoms in total. The topological polar surface area (TPSA) is 128 Å². The van der Waals surface area contributed by atoms with Crippen molar-refractivity contribution in [3.05, 3.63) is 0 Å². The molecule has 0 aliphatic rings. The van der Waals surface area contributed by atoms with Gasteiger partial charge in [0.2, 0.25) is 0 Å². The summed E-state index contributed by atoms with van der Waals surface area (Å²) in [5, 5.41) is 8.51. The number of aliphatic hydroxyl groups is 1. The average Bonchev–Trinajstić information content (AvgIpc) is 1.82. The first-order chi connectivity index (χ1) is 5.02. The number of hydrogen-bond acceptors (Lipinski definition) is 7. The van der Waals surface area contributed by atoms with E-state index in [9.17, 15) is 14.7 Å². The molecule has 0 saturated carbocycles. The van der Waals surface area contributed by atoms with Crippen LogP contribution in [0.3, 0.4) is 0 Å². The molecule has 0 radical (unpaired) electrons. The Hall–Kier alpha value is 3.58. The van der Waals surface area contributed by atoms with Crippen molar-refractivity contribution in [2.45, 2.75) is 6.29 Å². The van der Waals surface area contributed by atoms with Crippen LogP contribution in [0.1, 0.15) is 0 Å². The van der Waals surface area contributed by atoms with Crippen molar-refractivity contribution < 1.29 is 122 Å². The molecule has 0 bridgehead atoms. The van der Waals surface area contributed by atoms with E-state index in [0.717, 1.165) is 0 Å². The summed E-state index contributed by atoms with van der Waals surface area (Å²) in [7, 11) is -6.02. The minimum absolute atomic E-state index is 0. The van der Waals surface area contributed by atoms with Crippen LogP contribution in [-0.2, 0) is 9.05 Å². The molecule has 0 amide bonds. The minimum Gasteiger partial charge on any atom is -0.820 e. The Morgan fingerprint density at radius 1 is 1.14 bits per heavy atom. The summed E-state index contributed by atoms with van der Waals surface area (Å²) in [6.45, 7) is -0.694. The van der Waals surface area contributed by atoms with Gasteiger partial charge in [0.05, 0.1) is 15.2 Å². The van der Waals surface area contributed by atoms with Gasteiger partial charge in [-0.15, -0.1) is 0 Å². The monoisotopic (exact) mass is 272 g/mol. The van der Waals surface area contributed by atoms with Gasteiger partial charge < -0.3 is 33.7 Å². The number of hydrogen-bond donors (Lipinski definition) is 2. The molecule has 2 N–H and O–H groups in total. The maximum Gasteiger partial charge on any atom is 1.00 e. The van der Waals surface area contributed by atoms with Gasteiger partial charge in [-0.25, -0.2) is 0 Å². The van der Waals surface area contributed by atoms with Crippen LogP contribution < -0.4 is 103 Å². The van der Waals surface area contributed by atoms with Crippen molar-refractivity contribution in [3.63, 3.8) is 0 Å². The summed E-state index contributed by atoms with van der Waals surface area (Å²) in [5.41, 5.74) is 0. The van der Waals surface area contributed by atoms with E-state index in [1.165, 1.54) is 0 Å². The van der Waals surface area contributed by atoms with Gasteiger partial charge >= 0.3 is 88.7 Å². The second kappa shape index (κ2) is 16.6. The van der Waals surface area contributed by atoms with Gasteiger partial charge in [0.15, 0.2) is 6.29 Å². The van der Waals surface area contributed by atoms with Crippen LogP contribution in [0.2, 0.25) is 0 Å². The predicted octanol–water partition coefficient (Wildman–Crippen LogP) is -12.1. The van der Waals surface area contributed by atoms with Crippen molar-refractivity contribution in [3.8, 4) is 0 Å². The fraction of sp³-hybridized carbons (Fsp3) is 1.00. The molecule has 2 atom stereocenters. The Labute approximate surface area is 150 Å². The summed E-state index contributed by atoms with van der Waals surface area (Å²) >= 11 is 0. The summed E-state index contributed by atoms with van der Waals surface area (Å²) in [5.74, 6) is 0. The quantitative estimate of drug-likeness (QED) is 0.289. The molecule has 2 unspecified atom stereocenters. The molecule has 0 rings (SSSR count). The van der Waals surface area contributed by atoms with Gasteiger partial charge in [-0.2, -0.15) is 8.60 Å². The van der Waals surface area contributed by atoms with E-state index in [1.807, 2.05) is 0 Å². The van der Waals surface area contributed by atoms with Gasteiger partial charge in [0.25, 0.3) is 0 Å². The molecule has 0 aromatic heterocycles. The zero-order valence-corrected chi connectivity index (χ0v) is 15.9. The van der Waals surface area contributed by atoms with Crippen molar-refractivity contribution in [1.29, 1.82) is 0 Å². The van der Waals surface area contributed by atoms with Crippen LogP contribution >= 0.6 is 17.2 Å². The SMILES string of the molecule is [Na+].[Na+].[Na+].[O-]P([O-])OCC(O)OP([O-])O. The molecule has 12 heteroatoms. The Kier molecular flexibility index (Phi) is 31.0. The van der Waals surface area contributed by atoms with Crippen LogP contribution in [-0.4, -0.2) is 22.9 Å². The third-order valence-corrected chi connectivity index (χ3v) is 1.32. The molecule has 0 fully saturated rings. The first kappa shape index (κ1) is 26.2. The van der Waals surface area contributed by atoms with Crippen LogP contribution in [0.4, 0.5) is 0 Å². The van der Waals surface area contributed by atoms with E-state index in [-0.39, 0.29) is 88.7 Å². The van der Waals surface area contributed by atoms with E-state index in [2.05, 4.69) is 9.05 Å². The summed E-state index contributed by atoms with van der Waals surface area (Å²) < 4.78 is 7.67. The maximum atomic E-state index is 9.81. The average molecular weight is 272 g/mol. The molecule has 0 aromatic carbocycles. The second-order valence-electron chi connectivity index (χ2n) is 1.32. The summed E-state index contributed by atoms with van der Waals surface area (Å²) in [4.78, 5) is 37.2. The second-order valence-corrected chi connectivity index (χ2v) is 2.71. The Morgan fingerprint density at radius 3 is 1.86 bits per heavy atom. The first-order valence-electron chi connectivity index (χ1n) is 2.30. The Morgan fingerprint density at radius 2 is 1.57 bits per heavy atom. The van der Waals surface area contributed by atoms with Crippen LogP contribution in [0, 0.1) is 0 Å². The third kappa shape index (κ3) is 20.9. The van der Waals surface area contributed by atoms with Crippen molar-refractivity contribution in [1.82, 2.24) is 0 Å². The van der Waals surface area contributed by atoms with Crippen molar-refractivity contribution >= 4 is 17.2 Å². The fourth-order valence-electron chi connectivity index (χ4n) is 0.259. The van der Waals surface area contributed by atoms with Crippen LogP contribution in [0.5, 0.6) is 0 Å². The number of aliphatic hydroxyl groups excluding tert-OH is 1. The molecule has 0 saturated heterocycles. The third-order valence-electron chi connectivity index (χ3n) is 0.534. The molecular weight excluding hydrogens is 267 g/mol. The molecule has 0 aliphatic carbocycles. The van der Waals surface area contributed by atoms with E-state index in [4.69, 9.17) is 10.00 Å². The molecule has 0 aliphatic heterocycles. The minimum atomic E-state index is -3.07. The Balaban J connectivity index is -0.000000167. The molecule has 68 valence electrons. The summed E-state index contributed by atoms with van der Waals surface area (Å²) in [6.07, 6.45) is -1.71. The van der Waals surface area contributed by atoms with Crippen LogP contribution in [0.15, 0.2) is 0 Å². The van der Waals surface area contributed by atoms with Crippen molar-refractivity contribution in [2.24, 2.45) is 0 Å². The predicted molar refractivity (Wildman–Crippen MR) is 29.1 cm³/mol. The van der Waals surface area contributed by atoms with Gasteiger partial charge in [0, 0.05) is 0 Å². The molecular formula is C2H5Na3O7P2. The van der Waals surface area contributed by atoms with Gasteiger partial charge in [-0.05, 0) is 0 Å². The zero-order chi connectivity index (χ0) is 8.85. The van der Waals surface area contributed by atoms with Crippen molar-refractivity contribution in [2.75, 3.05) is 6.61 Å². The van der Waals surface area contributed by atoms with Crippen LogP contribution in [0.25, 0.3) is 0 Å². The normalized spacial score (nSPS) is 13.3. The molecule has 14 heavy (non-hydrogen) atoms. The summed E-state index contributed by atoms with van der Waals surface area (Å²) in [6, 6.07) is 0. The fourth-order valence-corrected chi connectivity index (χ4v) is 0.777. The smallest absolute Gasteiger partial charge is 0.820 e. The van der Waals surface area contributed by atoms with E-state index < -0.39 is 30.1 Å². The largest absolute Gasteiger partial charge is 1.00 e. The Bertz CT molecular complexity index is 107. The van der Waals surface area contributed by atoms with E-state index in [1.54, 1.807) is 0 Å². The molecule has 0 heterocycles. The van der Waals surface area contributed by atoms with Gasteiger partial charge in [0.1, 0.15) is 0 Å². The first-order valence-corrected chi connectivity index (χ1v) is 4.53. The zero-order valence-electron chi connectivity index (χ0n) is 8.11.